The van der Waals surface area contributed by atoms with Gasteiger partial charge < -0.3 is 10.4 Å². The highest BCUT2D eigenvalue weighted by molar-refractivity contribution is 5.92. The molecule has 0 heterocycles. The summed E-state index contributed by atoms with van der Waals surface area (Å²) in [6, 6.07) is 7.25. The van der Waals surface area contributed by atoms with Crippen LogP contribution in [0, 0.1) is 6.92 Å². The lowest BCUT2D eigenvalue weighted by atomic mass is 10.2. The number of urea groups is 1. The first-order chi connectivity index (χ1) is 9.43. The molecule has 2 N–H and O–H groups in total. The number of aliphatic carboxylic acids is 1. The summed E-state index contributed by atoms with van der Waals surface area (Å²) in [5.74, 6) is -0.918. The highest BCUT2D eigenvalue weighted by atomic mass is 16.4. The van der Waals surface area contributed by atoms with E-state index in [0.717, 1.165) is 12.0 Å². The van der Waals surface area contributed by atoms with Gasteiger partial charge in [-0.2, -0.15) is 0 Å². The van der Waals surface area contributed by atoms with Gasteiger partial charge in [0, 0.05) is 18.3 Å². The summed E-state index contributed by atoms with van der Waals surface area (Å²) < 4.78 is 0. The molecule has 0 bridgehead atoms. The SMILES string of the molecule is CCC(C)NC(=O)N(CCC(=O)O)c1ccc(C)cc1. The summed E-state index contributed by atoms with van der Waals surface area (Å²) in [5, 5.41) is 11.7. The number of nitrogens with one attached hydrogen (secondary N) is 1. The Kier molecular flexibility index (Phi) is 6.03. The van der Waals surface area contributed by atoms with E-state index in [0.29, 0.717) is 5.69 Å². The Bertz CT molecular complexity index is 457. The third-order valence-corrected chi connectivity index (χ3v) is 3.12. The lowest BCUT2D eigenvalue weighted by Gasteiger charge is -2.24. The van der Waals surface area contributed by atoms with E-state index in [-0.39, 0.29) is 25.0 Å². The zero-order chi connectivity index (χ0) is 15.1. The van der Waals surface area contributed by atoms with Crippen molar-refractivity contribution in [1.82, 2.24) is 5.32 Å². The Balaban J connectivity index is 2.86. The second-order valence-electron chi connectivity index (χ2n) is 4.89. The molecule has 0 spiro atoms. The summed E-state index contributed by atoms with van der Waals surface area (Å²) >= 11 is 0. The number of anilines is 1. The molecular weight excluding hydrogens is 256 g/mol. The molecule has 2 amide bonds. The standard InChI is InChI=1S/C15H22N2O3/c1-4-12(3)16-15(20)17(10-9-14(18)19)13-7-5-11(2)6-8-13/h5-8,12H,4,9-10H2,1-3H3,(H,16,20)(H,18,19). The van der Waals surface area contributed by atoms with Crippen LogP contribution in [-0.2, 0) is 4.79 Å². The minimum Gasteiger partial charge on any atom is -0.481 e. The number of carbonyl (C=O) groups is 2. The summed E-state index contributed by atoms with van der Waals surface area (Å²) in [6.45, 7) is 6.02. The van der Waals surface area contributed by atoms with Crippen molar-refractivity contribution < 1.29 is 14.7 Å². The molecule has 1 atom stereocenters. The van der Waals surface area contributed by atoms with E-state index in [4.69, 9.17) is 5.11 Å². The third-order valence-electron chi connectivity index (χ3n) is 3.12. The second kappa shape index (κ2) is 7.53. The van der Waals surface area contributed by atoms with Crippen LogP contribution in [0.15, 0.2) is 24.3 Å². The molecule has 0 radical (unpaired) electrons. The molecule has 0 aromatic heterocycles. The quantitative estimate of drug-likeness (QED) is 0.840. The van der Waals surface area contributed by atoms with Crippen LogP contribution in [-0.4, -0.2) is 29.7 Å². The van der Waals surface area contributed by atoms with Gasteiger partial charge in [0.05, 0.1) is 6.42 Å². The Hall–Kier alpha value is -2.04. The molecule has 1 aromatic carbocycles. The van der Waals surface area contributed by atoms with E-state index in [1.165, 1.54) is 4.90 Å². The number of rotatable bonds is 6. The van der Waals surface area contributed by atoms with E-state index in [9.17, 15) is 9.59 Å². The van der Waals surface area contributed by atoms with Crippen LogP contribution in [0.3, 0.4) is 0 Å². The Labute approximate surface area is 119 Å². The molecule has 0 aliphatic heterocycles. The van der Waals surface area contributed by atoms with Crippen molar-refractivity contribution in [1.29, 1.82) is 0 Å². The lowest BCUT2D eigenvalue weighted by molar-refractivity contribution is -0.136. The molecule has 0 saturated heterocycles. The average Bonchev–Trinajstić information content (AvgIpc) is 2.40. The van der Waals surface area contributed by atoms with Gasteiger partial charge in [-0.25, -0.2) is 4.79 Å². The summed E-state index contributed by atoms with van der Waals surface area (Å²) in [6.07, 6.45) is 0.744. The second-order valence-corrected chi connectivity index (χ2v) is 4.89. The predicted molar refractivity (Wildman–Crippen MR) is 79.1 cm³/mol. The van der Waals surface area contributed by atoms with Crippen LogP contribution in [0.25, 0.3) is 0 Å². The maximum Gasteiger partial charge on any atom is 0.322 e. The number of carbonyl (C=O) groups excluding carboxylic acids is 1. The minimum absolute atomic E-state index is 0.0558. The number of nitrogens with zero attached hydrogens (tertiary/aromatic N) is 1. The van der Waals surface area contributed by atoms with Gasteiger partial charge in [-0.3, -0.25) is 9.69 Å². The van der Waals surface area contributed by atoms with Crippen molar-refractivity contribution in [2.45, 2.75) is 39.7 Å². The summed E-state index contributed by atoms with van der Waals surface area (Å²) in [7, 11) is 0. The Morgan fingerprint density at radius 1 is 1.30 bits per heavy atom. The Morgan fingerprint density at radius 2 is 1.90 bits per heavy atom. The van der Waals surface area contributed by atoms with Gasteiger partial charge in [-0.15, -0.1) is 0 Å². The normalized spacial score (nSPS) is 11.8. The number of carboxylic acids is 1. The van der Waals surface area contributed by atoms with Crippen molar-refractivity contribution in [3.05, 3.63) is 29.8 Å². The molecule has 5 heteroatoms. The highest BCUT2D eigenvalue weighted by Crippen LogP contribution is 2.16. The van der Waals surface area contributed by atoms with E-state index in [1.54, 1.807) is 0 Å². The lowest BCUT2D eigenvalue weighted by Crippen LogP contribution is -2.44. The predicted octanol–water partition coefficient (Wildman–Crippen LogP) is 2.78. The van der Waals surface area contributed by atoms with Crippen LogP contribution >= 0.6 is 0 Å². The van der Waals surface area contributed by atoms with Crippen LogP contribution in [0.4, 0.5) is 10.5 Å². The summed E-state index contributed by atoms with van der Waals surface area (Å²) in [4.78, 5) is 24.4. The maximum atomic E-state index is 12.2. The number of carboxylic acid groups (broad SMARTS) is 1. The monoisotopic (exact) mass is 278 g/mol. The molecule has 110 valence electrons. The number of hydrogen-bond donors (Lipinski definition) is 2. The van der Waals surface area contributed by atoms with Gasteiger partial charge in [0.25, 0.3) is 0 Å². The van der Waals surface area contributed by atoms with Gasteiger partial charge in [0.1, 0.15) is 0 Å². The van der Waals surface area contributed by atoms with Crippen LogP contribution in [0.2, 0.25) is 0 Å². The van der Waals surface area contributed by atoms with Crippen molar-refractivity contribution >= 4 is 17.7 Å². The fourth-order valence-electron chi connectivity index (χ4n) is 1.67. The smallest absolute Gasteiger partial charge is 0.322 e. The minimum atomic E-state index is -0.918. The van der Waals surface area contributed by atoms with Crippen molar-refractivity contribution in [2.24, 2.45) is 0 Å². The first-order valence-corrected chi connectivity index (χ1v) is 6.80. The van der Waals surface area contributed by atoms with Gasteiger partial charge in [0.15, 0.2) is 0 Å². The van der Waals surface area contributed by atoms with E-state index >= 15 is 0 Å². The van der Waals surface area contributed by atoms with Crippen LogP contribution in [0.5, 0.6) is 0 Å². The average molecular weight is 278 g/mol. The van der Waals surface area contributed by atoms with Gasteiger partial charge >= 0.3 is 12.0 Å². The molecule has 0 aliphatic rings. The third kappa shape index (κ3) is 4.91. The first kappa shape index (κ1) is 16.0. The molecule has 5 nitrogen and oxygen atoms in total. The highest BCUT2D eigenvalue weighted by Gasteiger charge is 2.18. The van der Waals surface area contributed by atoms with Crippen LogP contribution < -0.4 is 10.2 Å². The molecule has 1 rings (SSSR count). The van der Waals surface area contributed by atoms with Gasteiger partial charge in [-0.1, -0.05) is 24.6 Å². The van der Waals surface area contributed by atoms with E-state index < -0.39 is 5.97 Å². The van der Waals surface area contributed by atoms with Crippen molar-refractivity contribution in [2.75, 3.05) is 11.4 Å². The number of hydrogen-bond acceptors (Lipinski definition) is 2. The fourth-order valence-corrected chi connectivity index (χ4v) is 1.67. The van der Waals surface area contributed by atoms with Gasteiger partial charge in [0.2, 0.25) is 0 Å². The maximum absolute atomic E-state index is 12.2. The van der Waals surface area contributed by atoms with Crippen LogP contribution in [0.1, 0.15) is 32.3 Å². The van der Waals surface area contributed by atoms with Crippen molar-refractivity contribution in [3.8, 4) is 0 Å². The zero-order valence-corrected chi connectivity index (χ0v) is 12.2. The topological polar surface area (TPSA) is 69.6 Å². The fraction of sp³-hybridized carbons (Fsp3) is 0.467. The molecular formula is C15H22N2O3. The first-order valence-electron chi connectivity index (χ1n) is 6.80. The molecule has 0 aliphatic carbocycles. The van der Waals surface area contributed by atoms with Gasteiger partial charge in [-0.05, 0) is 32.4 Å². The van der Waals surface area contributed by atoms with Crippen molar-refractivity contribution in [3.63, 3.8) is 0 Å². The van der Waals surface area contributed by atoms with E-state index in [1.807, 2.05) is 45.0 Å². The molecule has 20 heavy (non-hydrogen) atoms. The van der Waals surface area contributed by atoms with E-state index in [2.05, 4.69) is 5.32 Å². The number of amides is 2. The number of benzene rings is 1. The Morgan fingerprint density at radius 3 is 2.40 bits per heavy atom. The molecule has 0 saturated carbocycles. The zero-order valence-electron chi connectivity index (χ0n) is 12.2. The molecule has 1 unspecified atom stereocenters. The molecule has 0 fully saturated rings. The largest absolute Gasteiger partial charge is 0.481 e. The summed E-state index contributed by atoms with van der Waals surface area (Å²) in [5.41, 5.74) is 1.80. The number of aryl methyl sites for hydroxylation is 1. The molecule has 1 aromatic rings.